The third kappa shape index (κ3) is 6.84. The fourth-order valence-corrected chi connectivity index (χ4v) is 3.36. The summed E-state index contributed by atoms with van der Waals surface area (Å²) in [6.07, 6.45) is -8.00. The Morgan fingerprint density at radius 3 is 2.24 bits per heavy atom. The van der Waals surface area contributed by atoms with Gasteiger partial charge in [0.25, 0.3) is 5.09 Å². The number of alkyl halides is 3. The van der Waals surface area contributed by atoms with Crippen LogP contribution in [0.1, 0.15) is 11.1 Å². The molecule has 2 rings (SSSR count). The van der Waals surface area contributed by atoms with Crippen LogP contribution in [0.25, 0.3) is 6.08 Å². The van der Waals surface area contributed by atoms with E-state index in [1.807, 2.05) is 0 Å². The Labute approximate surface area is 184 Å². The van der Waals surface area contributed by atoms with Gasteiger partial charge in [0.05, 0.1) is 5.57 Å². The molecule has 0 fully saturated rings. The monoisotopic (exact) mass is 531 g/mol. The first-order valence-corrected chi connectivity index (χ1v) is 10.6. The van der Waals surface area contributed by atoms with Gasteiger partial charge in [-0.1, -0.05) is 19.4 Å². The Hall–Kier alpha value is -3.31. The lowest BCUT2D eigenvalue weighted by atomic mass is 9.99. The molecule has 0 bridgehead atoms. The molecule has 1 aliphatic heterocycles. The van der Waals surface area contributed by atoms with E-state index in [1.165, 1.54) is 0 Å². The van der Waals surface area contributed by atoms with Crippen molar-refractivity contribution in [2.24, 2.45) is 0 Å². The molecule has 9 nitrogen and oxygen atoms in total. The van der Waals surface area contributed by atoms with Crippen LogP contribution < -0.4 is 4.74 Å². The number of nitrogens with zero attached hydrogens (tertiary/aromatic N) is 1. The fourth-order valence-electron chi connectivity index (χ4n) is 2.61. The van der Waals surface area contributed by atoms with Crippen LogP contribution in [0, 0.1) is 17.0 Å². The van der Waals surface area contributed by atoms with Gasteiger partial charge in [-0.3, -0.25) is 0 Å². The summed E-state index contributed by atoms with van der Waals surface area (Å²) in [7, 11) is -10.2. The van der Waals surface area contributed by atoms with E-state index in [0.29, 0.717) is 0 Å². The average molecular weight is 531 g/mol. The minimum absolute atomic E-state index is 0.0675. The number of fused-ring (bicyclic) bond motifs is 1. The van der Waals surface area contributed by atoms with Crippen molar-refractivity contribution in [2.45, 2.75) is 24.1 Å². The summed E-state index contributed by atoms with van der Waals surface area (Å²) >= 11 is 0. The molecule has 18 heteroatoms. The second kappa shape index (κ2) is 8.17. The maximum Gasteiger partial charge on any atom is 0.430 e. The zero-order valence-electron chi connectivity index (χ0n) is 16.6. The topological polar surface area (TPSA) is 114 Å². The summed E-state index contributed by atoms with van der Waals surface area (Å²) < 4.78 is 120. The molecule has 0 unspecified atom stereocenters. The summed E-state index contributed by atoms with van der Waals surface area (Å²) in [4.78, 5) is 34.4. The molecule has 0 N–H and O–H groups in total. The van der Waals surface area contributed by atoms with Crippen LogP contribution in [0.15, 0.2) is 22.6 Å². The van der Waals surface area contributed by atoms with E-state index < -0.39 is 86.7 Å². The van der Waals surface area contributed by atoms with Crippen molar-refractivity contribution in [3.05, 3.63) is 38.9 Å². The zero-order chi connectivity index (χ0) is 26.2. The van der Waals surface area contributed by atoms with Crippen molar-refractivity contribution in [2.75, 3.05) is 19.8 Å². The maximum atomic E-state index is 13.4. The third-order valence-electron chi connectivity index (χ3n) is 3.95. The molecule has 1 aliphatic rings. The molecule has 0 aromatic heterocycles. The maximum absolute atomic E-state index is 13.4. The quantitative estimate of drug-likeness (QED) is 0.157. The Balaban J connectivity index is 2.28. The van der Waals surface area contributed by atoms with E-state index in [1.54, 1.807) is 0 Å². The van der Waals surface area contributed by atoms with Gasteiger partial charge in [0.1, 0.15) is 23.9 Å². The molecule has 0 radical (unpaired) electrons. The van der Waals surface area contributed by atoms with E-state index in [9.17, 15) is 52.3 Å². The third-order valence-corrected chi connectivity index (χ3v) is 5.08. The van der Waals surface area contributed by atoms with E-state index in [0.717, 1.165) is 6.92 Å². The second-order valence-corrected chi connectivity index (χ2v) is 9.03. The lowest BCUT2D eigenvalue weighted by Crippen LogP contribution is -2.41. The molecular weight excluding hydrogens is 518 g/mol. The molecule has 0 saturated carbocycles. The number of ether oxygens (including phenoxy) is 3. The number of halogens is 8. The minimum Gasteiger partial charge on any atom is -0.475 e. The van der Waals surface area contributed by atoms with Crippen LogP contribution in [-0.2, 0) is 23.9 Å². The normalized spacial score (nSPS) is 17.8. The molecule has 192 valence electrons. The smallest absolute Gasteiger partial charge is 0.430 e. The summed E-state index contributed by atoms with van der Waals surface area (Å²) in [6.45, 7) is -1.96. The Bertz CT molecular complexity index is 1050. The fraction of sp³-hybridized carbons (Fsp3) is 0.375. The first-order valence-electron chi connectivity index (χ1n) is 8.63. The van der Waals surface area contributed by atoms with Crippen molar-refractivity contribution in [3.8, 4) is 5.75 Å². The molecule has 0 saturated heterocycles. The van der Waals surface area contributed by atoms with E-state index in [2.05, 4.69) is 19.0 Å². The van der Waals surface area contributed by atoms with Gasteiger partial charge in [0.2, 0.25) is 6.10 Å². The number of esters is 2. The van der Waals surface area contributed by atoms with E-state index in [4.69, 9.17) is 0 Å². The molecule has 0 amide bonds. The van der Waals surface area contributed by atoms with Crippen molar-refractivity contribution in [3.63, 3.8) is 0 Å². The summed E-state index contributed by atoms with van der Waals surface area (Å²) in [5.41, 5.74) is -2.93. The van der Waals surface area contributed by atoms with Crippen molar-refractivity contribution in [1.29, 1.82) is 0 Å². The number of benzene rings is 1. The lowest BCUT2D eigenvalue weighted by molar-refractivity contribution is -0.754. The van der Waals surface area contributed by atoms with Crippen molar-refractivity contribution >= 4 is 28.2 Å². The highest BCUT2D eigenvalue weighted by Crippen LogP contribution is 3.02. The molecule has 1 aromatic rings. The van der Waals surface area contributed by atoms with Crippen LogP contribution in [-0.4, -0.2) is 49.1 Å². The van der Waals surface area contributed by atoms with Crippen LogP contribution in [0.4, 0.5) is 32.6 Å². The molecule has 1 atom stereocenters. The SMILES string of the molecule is Cc1cc(S(F)(F)(F)(F)F)cc2c1O[C@H](C(F)(F)F)C(C(=O)OCCOC(=O)CO[N+](=O)[O-])=C2. The highest BCUT2D eigenvalue weighted by molar-refractivity contribution is 8.45. The van der Waals surface area contributed by atoms with Gasteiger partial charge in [-0.2, -0.15) is 13.2 Å². The zero-order valence-corrected chi connectivity index (χ0v) is 17.4. The van der Waals surface area contributed by atoms with Crippen LogP contribution in [0.2, 0.25) is 0 Å². The largest absolute Gasteiger partial charge is 0.475 e. The average Bonchev–Trinajstić information content (AvgIpc) is 2.66. The summed E-state index contributed by atoms with van der Waals surface area (Å²) in [5.74, 6) is -3.85. The first kappa shape index (κ1) is 26.9. The summed E-state index contributed by atoms with van der Waals surface area (Å²) in [5, 5.41) is 8.61. The number of rotatable bonds is 8. The highest BCUT2D eigenvalue weighted by atomic mass is 32.5. The van der Waals surface area contributed by atoms with Gasteiger partial charge in [0, 0.05) is 5.56 Å². The van der Waals surface area contributed by atoms with Gasteiger partial charge >= 0.3 is 28.3 Å². The molecule has 0 spiro atoms. The lowest BCUT2D eigenvalue weighted by Gasteiger charge is -2.41. The van der Waals surface area contributed by atoms with E-state index >= 15 is 0 Å². The van der Waals surface area contributed by atoms with Crippen LogP contribution in [0.3, 0.4) is 0 Å². The van der Waals surface area contributed by atoms with Crippen molar-refractivity contribution < 1.29 is 66.3 Å². The predicted octanol–water partition coefficient (Wildman–Crippen LogP) is 4.65. The Morgan fingerprint density at radius 2 is 1.71 bits per heavy atom. The molecule has 1 aromatic carbocycles. The molecular formula is C16H13F8NO8S. The van der Waals surface area contributed by atoms with Gasteiger partial charge in [-0.25, -0.2) is 9.59 Å². The predicted molar refractivity (Wildman–Crippen MR) is 95.9 cm³/mol. The number of hydrogen-bond acceptors (Lipinski definition) is 8. The number of aryl methyl sites for hydroxylation is 1. The Morgan fingerprint density at radius 1 is 1.12 bits per heavy atom. The molecule has 34 heavy (non-hydrogen) atoms. The summed E-state index contributed by atoms with van der Waals surface area (Å²) in [6, 6.07) is -0.219. The standard InChI is InChI=1S/C16H13F8NO8S/c1-8-4-10(34(20,21,22,23)24)5-9-6-11(14(16(17,18)19)33-13(8)9)15(27)31-3-2-30-12(26)7-32-25(28)29/h4-6,14H,2-3,7H2,1H3/t14-/m0/s1. The highest BCUT2D eigenvalue weighted by Gasteiger charge is 2.65. The van der Waals surface area contributed by atoms with Gasteiger partial charge < -0.3 is 19.0 Å². The van der Waals surface area contributed by atoms with Crippen LogP contribution >= 0.6 is 10.2 Å². The number of carbonyl (C=O) groups excluding carboxylic acids is 2. The molecule has 0 aliphatic carbocycles. The van der Waals surface area contributed by atoms with Gasteiger partial charge in [0.15, 0.2) is 6.61 Å². The Kier molecular flexibility index (Phi) is 6.47. The van der Waals surface area contributed by atoms with Gasteiger partial charge in [-0.15, -0.1) is 10.1 Å². The van der Waals surface area contributed by atoms with Gasteiger partial charge in [-0.05, 0) is 30.7 Å². The van der Waals surface area contributed by atoms with E-state index in [-0.39, 0.29) is 18.2 Å². The van der Waals surface area contributed by atoms with Crippen LogP contribution in [0.5, 0.6) is 5.75 Å². The number of hydrogen-bond donors (Lipinski definition) is 0. The molecule has 1 heterocycles. The van der Waals surface area contributed by atoms with Crippen molar-refractivity contribution in [1.82, 2.24) is 0 Å². The number of carbonyl (C=O) groups is 2. The first-order chi connectivity index (χ1) is 15.2. The minimum atomic E-state index is -10.2. The second-order valence-electron chi connectivity index (χ2n) is 6.62.